The number of oxazole rings is 1. The minimum absolute atomic E-state index is 0.800. The normalized spacial score (nSPS) is 21.3. The van der Waals surface area contributed by atoms with Crippen LogP contribution >= 0.6 is 0 Å². The van der Waals surface area contributed by atoms with Crippen molar-refractivity contribution in [2.45, 2.75) is 51.6 Å². The zero-order valence-electron chi connectivity index (χ0n) is 13.2. The van der Waals surface area contributed by atoms with Crippen molar-refractivity contribution in [3.63, 3.8) is 0 Å². The molecule has 2 aliphatic rings. The topological polar surface area (TPSA) is 44.5 Å². The molecule has 0 amide bonds. The standard InChI is InChI=1S/C16H28N4O/c1-2-7-17-12-14-13-21-16(18-14)20-10-8-19(9-11-20)15-5-3-4-6-15/h13,15,17H,2-12H2,1H3. The van der Waals surface area contributed by atoms with Gasteiger partial charge in [0.1, 0.15) is 6.26 Å². The average Bonchev–Trinajstić information content (AvgIpc) is 3.20. The molecule has 5 heteroatoms. The van der Waals surface area contributed by atoms with E-state index in [9.17, 15) is 0 Å². The molecule has 0 aromatic carbocycles. The predicted molar refractivity (Wildman–Crippen MR) is 84.5 cm³/mol. The Labute approximate surface area is 127 Å². The summed E-state index contributed by atoms with van der Waals surface area (Å²) in [6.07, 6.45) is 8.56. The zero-order valence-corrected chi connectivity index (χ0v) is 13.2. The Kier molecular flexibility index (Phi) is 5.14. The van der Waals surface area contributed by atoms with Gasteiger partial charge in [0.15, 0.2) is 0 Å². The molecule has 118 valence electrons. The molecule has 1 aromatic rings. The summed E-state index contributed by atoms with van der Waals surface area (Å²) in [6, 6.07) is 1.64. The third-order valence-electron chi connectivity index (χ3n) is 4.70. The van der Waals surface area contributed by atoms with E-state index in [1.54, 1.807) is 6.26 Å². The minimum Gasteiger partial charge on any atom is -0.432 e. The van der Waals surface area contributed by atoms with E-state index in [-0.39, 0.29) is 0 Å². The summed E-state index contributed by atoms with van der Waals surface area (Å²) >= 11 is 0. The van der Waals surface area contributed by atoms with Crippen molar-refractivity contribution in [1.82, 2.24) is 15.2 Å². The van der Waals surface area contributed by atoms with Gasteiger partial charge in [-0.05, 0) is 25.8 Å². The first kappa shape index (κ1) is 14.9. The van der Waals surface area contributed by atoms with E-state index < -0.39 is 0 Å². The summed E-state index contributed by atoms with van der Waals surface area (Å²) in [4.78, 5) is 9.56. The average molecular weight is 292 g/mol. The second kappa shape index (κ2) is 7.27. The van der Waals surface area contributed by atoms with Crippen molar-refractivity contribution < 1.29 is 4.42 Å². The fraction of sp³-hybridized carbons (Fsp3) is 0.812. The maximum atomic E-state index is 5.65. The monoisotopic (exact) mass is 292 g/mol. The lowest BCUT2D eigenvalue weighted by Crippen LogP contribution is -2.49. The van der Waals surface area contributed by atoms with Gasteiger partial charge < -0.3 is 14.6 Å². The molecule has 0 atom stereocenters. The van der Waals surface area contributed by atoms with Crippen LogP contribution in [0.15, 0.2) is 10.7 Å². The molecule has 0 radical (unpaired) electrons. The summed E-state index contributed by atoms with van der Waals surface area (Å²) < 4.78 is 5.65. The Hall–Kier alpha value is -1.07. The second-order valence-corrected chi connectivity index (χ2v) is 6.26. The first-order valence-corrected chi connectivity index (χ1v) is 8.51. The van der Waals surface area contributed by atoms with Crippen LogP contribution in [-0.4, -0.2) is 48.6 Å². The Morgan fingerprint density at radius 3 is 2.71 bits per heavy atom. The zero-order chi connectivity index (χ0) is 14.5. The molecule has 0 bridgehead atoms. The molecule has 0 spiro atoms. The van der Waals surface area contributed by atoms with Crippen LogP contribution < -0.4 is 10.2 Å². The molecule has 1 aliphatic heterocycles. The van der Waals surface area contributed by atoms with Crippen molar-refractivity contribution >= 4 is 6.01 Å². The molecular formula is C16H28N4O. The first-order valence-electron chi connectivity index (χ1n) is 8.51. The quantitative estimate of drug-likeness (QED) is 0.815. The smallest absolute Gasteiger partial charge is 0.297 e. The van der Waals surface area contributed by atoms with Crippen LogP contribution in [0.1, 0.15) is 44.7 Å². The summed E-state index contributed by atoms with van der Waals surface area (Å²) in [5.41, 5.74) is 1.01. The Balaban J connectivity index is 1.47. The van der Waals surface area contributed by atoms with Gasteiger partial charge in [0, 0.05) is 38.8 Å². The van der Waals surface area contributed by atoms with E-state index in [0.717, 1.165) is 63.4 Å². The van der Waals surface area contributed by atoms with Crippen LogP contribution in [-0.2, 0) is 6.54 Å². The number of hydrogen-bond acceptors (Lipinski definition) is 5. The Morgan fingerprint density at radius 2 is 2.00 bits per heavy atom. The highest BCUT2D eigenvalue weighted by molar-refractivity contribution is 5.28. The lowest BCUT2D eigenvalue weighted by atomic mass is 10.2. The van der Waals surface area contributed by atoms with E-state index in [2.05, 4.69) is 27.0 Å². The van der Waals surface area contributed by atoms with E-state index >= 15 is 0 Å². The number of nitrogens with one attached hydrogen (secondary N) is 1. The number of rotatable bonds is 6. The molecule has 21 heavy (non-hydrogen) atoms. The van der Waals surface area contributed by atoms with Gasteiger partial charge in [0.25, 0.3) is 6.01 Å². The Bertz CT molecular complexity index is 420. The third kappa shape index (κ3) is 3.77. The van der Waals surface area contributed by atoms with Crippen LogP contribution in [0.4, 0.5) is 6.01 Å². The van der Waals surface area contributed by atoms with Crippen molar-refractivity contribution in [1.29, 1.82) is 0 Å². The fourth-order valence-electron chi connectivity index (χ4n) is 3.46. The van der Waals surface area contributed by atoms with E-state index in [1.807, 2.05) is 0 Å². The molecular weight excluding hydrogens is 264 g/mol. The first-order chi connectivity index (χ1) is 10.4. The molecule has 1 aliphatic carbocycles. The van der Waals surface area contributed by atoms with E-state index in [0.29, 0.717) is 0 Å². The lowest BCUT2D eigenvalue weighted by Gasteiger charge is -2.37. The Morgan fingerprint density at radius 1 is 1.24 bits per heavy atom. The molecule has 3 rings (SSSR count). The largest absolute Gasteiger partial charge is 0.432 e. The fourth-order valence-corrected chi connectivity index (χ4v) is 3.46. The van der Waals surface area contributed by atoms with Crippen molar-refractivity contribution in [3.8, 4) is 0 Å². The molecule has 1 aromatic heterocycles. The van der Waals surface area contributed by atoms with E-state index in [4.69, 9.17) is 4.42 Å². The summed E-state index contributed by atoms with van der Waals surface area (Å²) in [5, 5.41) is 3.36. The second-order valence-electron chi connectivity index (χ2n) is 6.26. The maximum Gasteiger partial charge on any atom is 0.297 e. The van der Waals surface area contributed by atoms with Crippen LogP contribution in [0.3, 0.4) is 0 Å². The van der Waals surface area contributed by atoms with Gasteiger partial charge in [-0.2, -0.15) is 4.98 Å². The van der Waals surface area contributed by atoms with Gasteiger partial charge in [-0.15, -0.1) is 0 Å². The number of nitrogens with zero attached hydrogens (tertiary/aromatic N) is 3. The molecule has 1 saturated carbocycles. The SMILES string of the molecule is CCCNCc1coc(N2CCN(C3CCCC3)CC2)n1. The summed E-state index contributed by atoms with van der Waals surface area (Å²) in [6.45, 7) is 8.39. The number of anilines is 1. The van der Waals surface area contributed by atoms with Gasteiger partial charge in [-0.3, -0.25) is 4.90 Å². The maximum absolute atomic E-state index is 5.65. The number of piperazine rings is 1. The molecule has 2 heterocycles. The van der Waals surface area contributed by atoms with Crippen LogP contribution in [0.25, 0.3) is 0 Å². The highest BCUT2D eigenvalue weighted by atomic mass is 16.4. The van der Waals surface area contributed by atoms with Gasteiger partial charge in [-0.25, -0.2) is 0 Å². The number of hydrogen-bond donors (Lipinski definition) is 1. The van der Waals surface area contributed by atoms with Gasteiger partial charge in [-0.1, -0.05) is 19.8 Å². The molecule has 2 fully saturated rings. The highest BCUT2D eigenvalue weighted by Crippen LogP contribution is 2.25. The van der Waals surface area contributed by atoms with Crippen LogP contribution in [0.5, 0.6) is 0 Å². The highest BCUT2D eigenvalue weighted by Gasteiger charge is 2.27. The predicted octanol–water partition coefficient (Wildman–Crippen LogP) is 2.24. The molecule has 5 nitrogen and oxygen atoms in total. The van der Waals surface area contributed by atoms with Crippen LogP contribution in [0, 0.1) is 0 Å². The van der Waals surface area contributed by atoms with Crippen molar-refractivity contribution in [3.05, 3.63) is 12.0 Å². The van der Waals surface area contributed by atoms with Crippen molar-refractivity contribution in [2.24, 2.45) is 0 Å². The third-order valence-corrected chi connectivity index (χ3v) is 4.70. The van der Waals surface area contributed by atoms with Crippen LogP contribution in [0.2, 0.25) is 0 Å². The van der Waals surface area contributed by atoms with Crippen molar-refractivity contribution in [2.75, 3.05) is 37.6 Å². The van der Waals surface area contributed by atoms with Gasteiger partial charge in [0.05, 0.1) is 5.69 Å². The number of aromatic nitrogens is 1. The molecule has 1 N–H and O–H groups in total. The van der Waals surface area contributed by atoms with E-state index in [1.165, 1.54) is 25.7 Å². The summed E-state index contributed by atoms with van der Waals surface area (Å²) in [5.74, 6) is 0. The van der Waals surface area contributed by atoms with Gasteiger partial charge in [0.2, 0.25) is 0 Å². The molecule has 1 saturated heterocycles. The lowest BCUT2D eigenvalue weighted by molar-refractivity contribution is 0.185. The van der Waals surface area contributed by atoms with Gasteiger partial charge >= 0.3 is 0 Å². The molecule has 0 unspecified atom stereocenters. The minimum atomic E-state index is 0.800. The summed E-state index contributed by atoms with van der Waals surface area (Å²) in [7, 11) is 0.